The highest BCUT2D eigenvalue weighted by atomic mass is 35.5. The Labute approximate surface area is 306 Å². The molecule has 3 aromatic rings. The average Bonchev–Trinajstić information content (AvgIpc) is 3.51. The molecule has 10 nitrogen and oxygen atoms in total. The van der Waals surface area contributed by atoms with Gasteiger partial charge in [-0.1, -0.05) is 82.7 Å². The highest BCUT2D eigenvalue weighted by molar-refractivity contribution is 5.85. The molecule has 11 heteroatoms. The molecular weight excluding hydrogens is 654 g/mol. The van der Waals surface area contributed by atoms with Gasteiger partial charge in [-0.15, -0.1) is 17.5 Å². The number of halogens is 1. The van der Waals surface area contributed by atoms with Crippen molar-refractivity contribution in [3.63, 3.8) is 0 Å². The lowest BCUT2D eigenvalue weighted by Gasteiger charge is -2.31. The van der Waals surface area contributed by atoms with Gasteiger partial charge in [0.25, 0.3) is 0 Å². The molecule has 2 aromatic carbocycles. The van der Waals surface area contributed by atoms with E-state index in [-0.39, 0.29) is 41.5 Å². The molecule has 4 atom stereocenters. The number of carbonyl (C=O) groups excluding carboxylic acids is 1. The highest BCUT2D eigenvalue weighted by Crippen LogP contribution is 2.32. The number of amides is 1. The maximum absolute atomic E-state index is 13.5. The maximum Gasteiger partial charge on any atom is 0.223 e. The second-order valence-corrected chi connectivity index (χ2v) is 15.0. The van der Waals surface area contributed by atoms with Gasteiger partial charge in [-0.25, -0.2) is 0 Å². The topological polar surface area (TPSA) is 134 Å². The summed E-state index contributed by atoms with van der Waals surface area (Å²) in [5.74, 6) is 1.59. The van der Waals surface area contributed by atoms with Crippen LogP contribution in [0.15, 0.2) is 48.7 Å². The minimum atomic E-state index is -0.807. The van der Waals surface area contributed by atoms with Crippen LogP contribution in [0.25, 0.3) is 11.3 Å². The van der Waals surface area contributed by atoms with Crippen molar-refractivity contribution in [2.45, 2.75) is 92.8 Å². The number of aromatic nitrogens is 3. The fourth-order valence-electron chi connectivity index (χ4n) is 6.05. The number of benzene rings is 2. The van der Waals surface area contributed by atoms with Crippen molar-refractivity contribution in [1.82, 2.24) is 20.3 Å². The van der Waals surface area contributed by atoms with Crippen LogP contribution in [0.4, 0.5) is 0 Å². The number of nitrogens with two attached hydrogens (primary N) is 1. The third-order valence-electron chi connectivity index (χ3n) is 9.34. The molecule has 0 saturated heterocycles. The van der Waals surface area contributed by atoms with Gasteiger partial charge in [0.2, 0.25) is 5.91 Å². The summed E-state index contributed by atoms with van der Waals surface area (Å²) in [4.78, 5) is 13.5. The lowest BCUT2D eigenvalue weighted by atomic mass is 9.80. The van der Waals surface area contributed by atoms with Crippen molar-refractivity contribution in [1.29, 1.82) is 0 Å². The molecule has 0 aliphatic heterocycles. The number of ether oxygens (including phenoxy) is 3. The summed E-state index contributed by atoms with van der Waals surface area (Å²) in [6.07, 6.45) is 3.66. The van der Waals surface area contributed by atoms with E-state index in [2.05, 4.69) is 68.4 Å². The lowest BCUT2D eigenvalue weighted by Crippen LogP contribution is -2.44. The molecule has 280 valence electrons. The third-order valence-corrected chi connectivity index (χ3v) is 9.34. The molecule has 4 N–H and O–H groups in total. The zero-order valence-corrected chi connectivity index (χ0v) is 32.5. The Balaban J connectivity index is 0.00000867. The Bertz CT molecular complexity index is 1430. The standard InChI is InChI=1S/C39H61N5O5.ClH/c1-26(2)31(19-29-13-16-36(48-9)37(20-29)49-18-10-17-47-8)21-33(40)35(45)22-32(27(3)4)38(46)41-24-39(6,7)25-44-23-34(42-43-44)30-14-11-28(5)12-15-30;/h11-16,20,23,26-27,31-33,35,45H,10,17-19,21-22,24-25,40H2,1-9H3,(H,41,46);1H/t31-,32-,33-,35-;/m0./s1. The number of aryl methyl sites for hydroxylation is 1. The monoisotopic (exact) mass is 715 g/mol. The normalized spacial score (nSPS) is 14.2. The number of hydrogen-bond donors (Lipinski definition) is 3. The summed E-state index contributed by atoms with van der Waals surface area (Å²) in [5, 5.41) is 23.1. The van der Waals surface area contributed by atoms with Gasteiger partial charge in [0.05, 0.1) is 26.0 Å². The van der Waals surface area contributed by atoms with E-state index in [1.807, 2.05) is 49.0 Å². The number of nitrogens with zero attached hydrogens (tertiary/aromatic N) is 3. The molecule has 0 fully saturated rings. The van der Waals surface area contributed by atoms with E-state index in [1.165, 1.54) is 5.56 Å². The largest absolute Gasteiger partial charge is 0.493 e. The van der Waals surface area contributed by atoms with Crippen LogP contribution in [0, 0.1) is 36.0 Å². The van der Waals surface area contributed by atoms with Gasteiger partial charge in [-0.05, 0) is 61.6 Å². The van der Waals surface area contributed by atoms with Gasteiger partial charge in [0, 0.05) is 56.2 Å². The molecule has 1 heterocycles. The van der Waals surface area contributed by atoms with Crippen molar-refractivity contribution in [3.8, 4) is 22.8 Å². The summed E-state index contributed by atoms with van der Waals surface area (Å²) >= 11 is 0. The quantitative estimate of drug-likeness (QED) is 0.107. The van der Waals surface area contributed by atoms with Crippen molar-refractivity contribution in [2.75, 3.05) is 34.0 Å². The zero-order valence-electron chi connectivity index (χ0n) is 31.6. The van der Waals surface area contributed by atoms with Gasteiger partial charge in [-0.3, -0.25) is 9.48 Å². The SMILES string of the molecule is COCCCOc1cc(C[C@@H](C[C@H](N)[C@@H](O)C[C@H](C(=O)NCC(C)(C)Cn2cc(-c3ccc(C)cc3)nn2)C(C)C)C(C)C)ccc1OC.Cl. The van der Waals surface area contributed by atoms with Crippen LogP contribution < -0.4 is 20.5 Å². The molecule has 0 spiro atoms. The van der Waals surface area contributed by atoms with Crippen LogP contribution in [0.1, 0.15) is 71.9 Å². The maximum atomic E-state index is 13.5. The molecule has 0 radical (unpaired) electrons. The Hall–Kier alpha value is -3.18. The molecule has 1 amide bonds. The van der Waals surface area contributed by atoms with Crippen molar-refractivity contribution in [3.05, 3.63) is 59.8 Å². The number of methoxy groups -OCH3 is 2. The van der Waals surface area contributed by atoms with Gasteiger partial charge >= 0.3 is 0 Å². The third kappa shape index (κ3) is 13.5. The second-order valence-electron chi connectivity index (χ2n) is 15.0. The van der Waals surface area contributed by atoms with E-state index in [1.54, 1.807) is 14.2 Å². The molecule has 0 unspecified atom stereocenters. The van der Waals surface area contributed by atoms with Gasteiger partial charge in [0.15, 0.2) is 11.5 Å². The van der Waals surface area contributed by atoms with Gasteiger partial charge in [0.1, 0.15) is 5.69 Å². The zero-order chi connectivity index (χ0) is 36.1. The smallest absolute Gasteiger partial charge is 0.223 e. The first kappa shape index (κ1) is 43.0. The van der Waals surface area contributed by atoms with E-state index < -0.39 is 12.1 Å². The van der Waals surface area contributed by atoms with Crippen LogP contribution in [0.5, 0.6) is 11.5 Å². The average molecular weight is 716 g/mol. The van der Waals surface area contributed by atoms with Crippen LogP contribution in [0.3, 0.4) is 0 Å². The Morgan fingerprint density at radius 2 is 1.70 bits per heavy atom. The van der Waals surface area contributed by atoms with Crippen LogP contribution in [-0.4, -0.2) is 72.1 Å². The predicted molar refractivity (Wildman–Crippen MR) is 203 cm³/mol. The number of rotatable bonds is 21. The fourth-order valence-corrected chi connectivity index (χ4v) is 6.05. The number of nitrogens with one attached hydrogen (secondary N) is 1. The highest BCUT2D eigenvalue weighted by Gasteiger charge is 2.31. The first-order valence-electron chi connectivity index (χ1n) is 17.7. The minimum absolute atomic E-state index is 0. The molecule has 0 aliphatic carbocycles. The first-order valence-corrected chi connectivity index (χ1v) is 17.7. The van der Waals surface area contributed by atoms with E-state index in [0.717, 1.165) is 29.7 Å². The van der Waals surface area contributed by atoms with E-state index in [0.29, 0.717) is 56.6 Å². The molecule has 50 heavy (non-hydrogen) atoms. The molecular formula is C39H62ClN5O5. The van der Waals surface area contributed by atoms with Crippen LogP contribution >= 0.6 is 12.4 Å². The van der Waals surface area contributed by atoms with Crippen LogP contribution in [-0.2, 0) is 22.5 Å². The molecule has 3 rings (SSSR count). The molecule has 0 aliphatic rings. The number of hydrogen-bond acceptors (Lipinski definition) is 8. The Kier molecular flexibility index (Phi) is 17.7. The summed E-state index contributed by atoms with van der Waals surface area (Å²) in [7, 11) is 3.32. The number of carbonyl (C=O) groups is 1. The van der Waals surface area contributed by atoms with Crippen molar-refractivity contribution >= 4 is 18.3 Å². The Morgan fingerprint density at radius 1 is 1.00 bits per heavy atom. The second kappa shape index (κ2) is 20.6. The minimum Gasteiger partial charge on any atom is -0.493 e. The summed E-state index contributed by atoms with van der Waals surface area (Å²) in [6.45, 7) is 16.9. The Morgan fingerprint density at radius 3 is 2.32 bits per heavy atom. The summed E-state index contributed by atoms with van der Waals surface area (Å²) in [5.41, 5.74) is 10.5. The van der Waals surface area contributed by atoms with Gasteiger partial charge in [-0.2, -0.15) is 0 Å². The molecule has 1 aromatic heterocycles. The van der Waals surface area contributed by atoms with Crippen molar-refractivity contribution in [2.24, 2.45) is 34.8 Å². The first-order chi connectivity index (χ1) is 23.2. The van der Waals surface area contributed by atoms with E-state index in [4.69, 9.17) is 19.9 Å². The van der Waals surface area contributed by atoms with E-state index in [9.17, 15) is 9.90 Å². The molecule has 0 saturated carbocycles. The molecule has 0 bridgehead atoms. The number of aliphatic hydroxyl groups excluding tert-OH is 1. The number of aliphatic hydroxyl groups is 1. The summed E-state index contributed by atoms with van der Waals surface area (Å²) in [6, 6.07) is 13.8. The predicted octanol–water partition coefficient (Wildman–Crippen LogP) is 6.50. The fraction of sp³-hybridized carbons (Fsp3) is 0.615. The van der Waals surface area contributed by atoms with Crippen molar-refractivity contribution < 1.29 is 24.1 Å². The lowest BCUT2D eigenvalue weighted by molar-refractivity contribution is -0.128. The van der Waals surface area contributed by atoms with E-state index >= 15 is 0 Å². The van der Waals surface area contributed by atoms with Crippen LogP contribution in [0.2, 0.25) is 0 Å². The summed E-state index contributed by atoms with van der Waals surface area (Å²) < 4.78 is 18.5. The van der Waals surface area contributed by atoms with Gasteiger partial charge < -0.3 is 30.4 Å².